The van der Waals surface area contributed by atoms with Gasteiger partial charge in [-0.2, -0.15) is 0 Å². The molecule has 4 rings (SSSR count). The van der Waals surface area contributed by atoms with Crippen molar-refractivity contribution in [3.63, 3.8) is 0 Å². The van der Waals surface area contributed by atoms with E-state index >= 15 is 0 Å². The fraction of sp³-hybridized carbons (Fsp3) is 0.381. The van der Waals surface area contributed by atoms with E-state index in [0.29, 0.717) is 15.5 Å². The summed E-state index contributed by atoms with van der Waals surface area (Å²) in [5.41, 5.74) is 0.579. The number of aromatic amines is 1. The molecule has 0 saturated carbocycles. The van der Waals surface area contributed by atoms with Gasteiger partial charge in [0.15, 0.2) is 0 Å². The first-order valence-electron chi connectivity index (χ1n) is 9.98. The minimum Gasteiger partial charge on any atom is -0.462 e. The first-order chi connectivity index (χ1) is 15.2. The second-order valence-corrected chi connectivity index (χ2v) is 9.68. The van der Waals surface area contributed by atoms with Crippen LogP contribution < -0.4 is 9.77 Å². The molecule has 32 heavy (non-hydrogen) atoms. The molecule has 2 amide bonds. The predicted octanol–water partition coefficient (Wildman–Crippen LogP) is 2.31. The summed E-state index contributed by atoms with van der Waals surface area (Å²) >= 11 is 1.92. The summed E-state index contributed by atoms with van der Waals surface area (Å²) in [6.07, 6.45) is -0.423. The van der Waals surface area contributed by atoms with Crippen LogP contribution in [0.4, 0.5) is 5.69 Å². The van der Waals surface area contributed by atoms with E-state index in [1.807, 2.05) is 0 Å². The Hall–Kier alpha value is -2.92. The summed E-state index contributed by atoms with van der Waals surface area (Å²) in [5.74, 6) is -4.24. The second-order valence-electron chi connectivity index (χ2n) is 7.51. The van der Waals surface area contributed by atoms with Gasteiger partial charge < -0.3 is 14.5 Å². The smallest absolute Gasteiger partial charge is 0.338 e. The molecule has 0 spiro atoms. The summed E-state index contributed by atoms with van der Waals surface area (Å²) in [6, 6.07) is 5.93. The monoisotopic (exact) mass is 476 g/mol. The number of carbonyl (C=O) groups excluding carboxylic acids is 4. The number of amides is 2. The Bertz CT molecular complexity index is 1150. The van der Waals surface area contributed by atoms with E-state index in [1.165, 1.54) is 24.3 Å². The lowest BCUT2D eigenvalue weighted by Crippen LogP contribution is -2.36. The fourth-order valence-corrected chi connectivity index (χ4v) is 6.27. The van der Waals surface area contributed by atoms with Crippen LogP contribution in [0.1, 0.15) is 41.9 Å². The molecule has 168 valence electrons. The van der Waals surface area contributed by atoms with Gasteiger partial charge in [0.2, 0.25) is 11.8 Å². The van der Waals surface area contributed by atoms with Gasteiger partial charge in [0.25, 0.3) is 0 Å². The maximum absolute atomic E-state index is 13.4. The molecule has 1 N–H and O–H groups in total. The number of rotatable bonds is 5. The zero-order valence-corrected chi connectivity index (χ0v) is 19.1. The normalized spacial score (nSPS) is 22.0. The van der Waals surface area contributed by atoms with Crippen LogP contribution >= 0.6 is 23.1 Å². The van der Waals surface area contributed by atoms with Gasteiger partial charge in [-0.1, -0.05) is 23.1 Å². The van der Waals surface area contributed by atoms with Crippen molar-refractivity contribution in [1.82, 2.24) is 4.98 Å². The molecule has 3 heterocycles. The molecule has 1 saturated heterocycles. The van der Waals surface area contributed by atoms with Crippen LogP contribution in [0.15, 0.2) is 34.1 Å². The summed E-state index contributed by atoms with van der Waals surface area (Å²) in [5, 5.41) is -0.470. The number of thiazole rings is 1. The number of imide groups is 1. The first kappa shape index (κ1) is 22.3. The Morgan fingerprint density at radius 3 is 2.44 bits per heavy atom. The van der Waals surface area contributed by atoms with Crippen LogP contribution in [0.25, 0.3) is 0 Å². The maximum Gasteiger partial charge on any atom is 0.338 e. The van der Waals surface area contributed by atoms with E-state index in [4.69, 9.17) is 9.47 Å². The molecule has 9 nitrogen and oxygen atoms in total. The Kier molecular flexibility index (Phi) is 5.95. The molecule has 2 aliphatic heterocycles. The zero-order chi connectivity index (χ0) is 23.2. The van der Waals surface area contributed by atoms with E-state index in [2.05, 4.69) is 4.98 Å². The van der Waals surface area contributed by atoms with Crippen molar-refractivity contribution in [2.24, 2.45) is 5.92 Å². The van der Waals surface area contributed by atoms with E-state index < -0.39 is 46.9 Å². The molecule has 1 aromatic carbocycles. The van der Waals surface area contributed by atoms with Gasteiger partial charge in [-0.05, 0) is 45.0 Å². The fourth-order valence-electron chi connectivity index (χ4n) is 3.79. The molecule has 0 radical (unpaired) electrons. The molecule has 11 heteroatoms. The number of benzene rings is 1. The SMILES string of the molecule is CCOC(=O)c1ccc(N2C(=O)[C@@H]3[C@H](Sc4[nH]c(=O)sc4[C@@H]3C(=O)OC(C)C)C2=O)cc1. The molecule has 2 aromatic rings. The zero-order valence-electron chi connectivity index (χ0n) is 17.4. The standard InChI is InChI=1S/C21H20N2O7S2/c1-4-29-19(26)10-5-7-11(8-6-10)23-17(24)12-13(20(27)30-9(2)3)14-16(22-21(28)32-14)31-15(12)18(23)25/h5-9,12-13,15H,4H2,1-3H3,(H,22,28)/t12-,13+,15-/m0/s1. The highest BCUT2D eigenvalue weighted by atomic mass is 32.2. The minimum atomic E-state index is -1.05. The lowest BCUT2D eigenvalue weighted by molar-refractivity contribution is -0.152. The number of nitrogens with zero attached hydrogens (tertiary/aromatic N) is 1. The van der Waals surface area contributed by atoms with E-state index in [0.717, 1.165) is 28.0 Å². The maximum atomic E-state index is 13.4. The summed E-state index contributed by atoms with van der Waals surface area (Å²) in [4.78, 5) is 67.1. The summed E-state index contributed by atoms with van der Waals surface area (Å²) in [7, 11) is 0. The molecule has 0 unspecified atom stereocenters. The number of aromatic nitrogens is 1. The van der Waals surface area contributed by atoms with Gasteiger partial charge >= 0.3 is 16.8 Å². The number of esters is 2. The van der Waals surface area contributed by atoms with Gasteiger partial charge in [-0.25, -0.2) is 9.69 Å². The number of hydrogen-bond acceptors (Lipinski definition) is 9. The number of nitrogens with one attached hydrogen (secondary N) is 1. The number of anilines is 1. The Balaban J connectivity index is 1.70. The van der Waals surface area contributed by atoms with Crippen LogP contribution in [-0.4, -0.2) is 46.7 Å². The highest BCUT2D eigenvalue weighted by Crippen LogP contribution is 2.51. The van der Waals surface area contributed by atoms with Gasteiger partial charge in [0, 0.05) is 0 Å². The Morgan fingerprint density at radius 1 is 1.12 bits per heavy atom. The number of thioether (sulfide) groups is 1. The molecule has 3 atom stereocenters. The van der Waals surface area contributed by atoms with Crippen molar-refractivity contribution >= 4 is 52.5 Å². The van der Waals surface area contributed by atoms with Crippen molar-refractivity contribution in [1.29, 1.82) is 0 Å². The quantitative estimate of drug-likeness (QED) is 0.515. The summed E-state index contributed by atoms with van der Waals surface area (Å²) in [6.45, 7) is 5.29. The highest BCUT2D eigenvalue weighted by molar-refractivity contribution is 8.00. The van der Waals surface area contributed by atoms with Crippen molar-refractivity contribution in [3.05, 3.63) is 44.4 Å². The second kappa shape index (κ2) is 8.55. The lowest BCUT2D eigenvalue weighted by Gasteiger charge is -2.28. The van der Waals surface area contributed by atoms with E-state index in [-0.39, 0.29) is 17.2 Å². The van der Waals surface area contributed by atoms with Crippen LogP contribution in [0.5, 0.6) is 0 Å². The van der Waals surface area contributed by atoms with Crippen LogP contribution in [-0.2, 0) is 23.9 Å². The van der Waals surface area contributed by atoms with Crippen molar-refractivity contribution in [3.8, 4) is 0 Å². The lowest BCUT2D eigenvalue weighted by atomic mass is 9.88. The van der Waals surface area contributed by atoms with Gasteiger partial charge in [0.05, 0.1) is 39.8 Å². The number of H-pyrrole nitrogens is 1. The number of fused-ring (bicyclic) bond motifs is 2. The highest BCUT2D eigenvalue weighted by Gasteiger charge is 2.58. The van der Waals surface area contributed by atoms with Gasteiger partial charge in [-0.3, -0.25) is 19.2 Å². The van der Waals surface area contributed by atoms with Gasteiger partial charge in [0.1, 0.15) is 11.2 Å². The minimum absolute atomic E-state index is 0.227. The molecular weight excluding hydrogens is 456 g/mol. The third-order valence-electron chi connectivity index (χ3n) is 5.07. The number of carbonyl (C=O) groups is 4. The molecule has 0 bridgehead atoms. The van der Waals surface area contributed by atoms with Crippen LogP contribution in [0, 0.1) is 5.92 Å². The van der Waals surface area contributed by atoms with Crippen molar-refractivity contribution in [2.75, 3.05) is 11.5 Å². The average molecular weight is 477 g/mol. The predicted molar refractivity (Wildman–Crippen MR) is 117 cm³/mol. The largest absolute Gasteiger partial charge is 0.462 e. The van der Waals surface area contributed by atoms with E-state index in [1.54, 1.807) is 20.8 Å². The topological polar surface area (TPSA) is 123 Å². The van der Waals surface area contributed by atoms with E-state index in [9.17, 15) is 24.0 Å². The molecule has 1 aromatic heterocycles. The Morgan fingerprint density at radius 2 is 1.81 bits per heavy atom. The summed E-state index contributed by atoms with van der Waals surface area (Å²) < 4.78 is 10.3. The molecule has 0 aliphatic carbocycles. The molecule has 2 aliphatic rings. The first-order valence-corrected chi connectivity index (χ1v) is 11.7. The average Bonchev–Trinajstić information content (AvgIpc) is 3.22. The third-order valence-corrected chi connectivity index (χ3v) is 7.47. The van der Waals surface area contributed by atoms with Gasteiger partial charge in [-0.15, -0.1) is 0 Å². The van der Waals surface area contributed by atoms with Crippen LogP contribution in [0.3, 0.4) is 0 Å². The van der Waals surface area contributed by atoms with Crippen molar-refractivity contribution in [2.45, 2.75) is 43.1 Å². The number of hydrogen-bond donors (Lipinski definition) is 1. The molecule has 1 fully saturated rings. The van der Waals surface area contributed by atoms with Crippen molar-refractivity contribution < 1.29 is 28.7 Å². The molecular formula is C21H20N2O7S2. The number of ether oxygens (including phenoxy) is 2. The Labute approximate surface area is 191 Å². The third kappa shape index (κ3) is 3.75. The van der Waals surface area contributed by atoms with Crippen LogP contribution in [0.2, 0.25) is 0 Å².